The Labute approximate surface area is 202 Å². The van der Waals surface area contributed by atoms with Crippen molar-refractivity contribution < 1.29 is 4.79 Å². The second-order valence-corrected chi connectivity index (χ2v) is 11.4. The molecule has 0 spiro atoms. The Morgan fingerprint density at radius 1 is 0.938 bits per heavy atom. The van der Waals surface area contributed by atoms with Crippen LogP contribution in [0.15, 0.2) is 63.3 Å². The number of benzene rings is 2. The van der Waals surface area contributed by atoms with Gasteiger partial charge in [-0.15, -0.1) is 10.2 Å². The van der Waals surface area contributed by atoms with Crippen LogP contribution in [0.5, 0.6) is 0 Å². The highest BCUT2D eigenvalue weighted by Gasteiger charge is 2.21. The van der Waals surface area contributed by atoms with Crippen molar-refractivity contribution in [2.45, 2.75) is 34.2 Å². The van der Waals surface area contributed by atoms with Gasteiger partial charge in [0.1, 0.15) is 0 Å². The van der Waals surface area contributed by atoms with E-state index in [1.165, 1.54) is 28.6 Å². The number of anilines is 1. The van der Waals surface area contributed by atoms with E-state index in [1.54, 1.807) is 23.1 Å². The fraction of sp³-hybridized carbons (Fsp3) is 0.375. The van der Waals surface area contributed by atoms with Crippen LogP contribution in [0.3, 0.4) is 0 Å². The van der Waals surface area contributed by atoms with Gasteiger partial charge in [-0.3, -0.25) is 4.79 Å². The predicted molar refractivity (Wildman–Crippen MR) is 136 cm³/mol. The molecule has 1 aromatic heterocycles. The van der Waals surface area contributed by atoms with Crippen LogP contribution in [0.25, 0.3) is 0 Å². The van der Waals surface area contributed by atoms with Crippen LogP contribution in [0.4, 0.5) is 5.69 Å². The first-order valence-electron chi connectivity index (χ1n) is 10.8. The lowest BCUT2D eigenvalue weighted by Gasteiger charge is -2.36. The molecule has 1 amide bonds. The molecule has 5 nitrogen and oxygen atoms in total. The minimum absolute atomic E-state index is 0.178. The number of para-hydroxylation sites is 1. The summed E-state index contributed by atoms with van der Waals surface area (Å²) in [5.74, 6) is 2.02. The number of piperazine rings is 1. The zero-order valence-corrected chi connectivity index (χ0v) is 20.9. The largest absolute Gasteiger partial charge is 0.368 e. The maximum absolute atomic E-state index is 12.6. The number of nitrogens with zero attached hydrogens (tertiary/aromatic N) is 4. The molecule has 1 aliphatic heterocycles. The molecule has 0 N–H and O–H groups in total. The van der Waals surface area contributed by atoms with Gasteiger partial charge in [-0.1, -0.05) is 91.2 Å². The van der Waals surface area contributed by atoms with Crippen molar-refractivity contribution in [3.63, 3.8) is 0 Å². The number of aromatic nitrogens is 2. The highest BCUT2D eigenvalue weighted by Crippen LogP contribution is 2.31. The summed E-state index contributed by atoms with van der Waals surface area (Å²) in [4.78, 5) is 16.9. The minimum atomic E-state index is 0.178. The highest BCUT2D eigenvalue weighted by molar-refractivity contribution is 8.03. The summed E-state index contributed by atoms with van der Waals surface area (Å²) in [6, 6.07) is 19.2. The molecule has 0 atom stereocenters. The molecule has 8 heteroatoms. The summed E-state index contributed by atoms with van der Waals surface area (Å²) in [5.41, 5.74) is 3.87. The van der Waals surface area contributed by atoms with Gasteiger partial charge in [0, 0.05) is 37.6 Å². The molecule has 0 unspecified atom stereocenters. The van der Waals surface area contributed by atoms with E-state index in [-0.39, 0.29) is 5.91 Å². The predicted octanol–water partition coefficient (Wildman–Crippen LogP) is 5.39. The normalized spacial score (nSPS) is 14.2. The summed E-state index contributed by atoms with van der Waals surface area (Å²) in [6.45, 7) is 7.69. The number of hydrogen-bond donors (Lipinski definition) is 0. The van der Waals surface area contributed by atoms with Gasteiger partial charge < -0.3 is 9.80 Å². The first-order chi connectivity index (χ1) is 15.6. The fourth-order valence-electron chi connectivity index (χ4n) is 3.53. The average Bonchev–Trinajstić information content (AvgIpc) is 3.30. The van der Waals surface area contributed by atoms with Crippen molar-refractivity contribution in [1.82, 2.24) is 15.1 Å². The van der Waals surface area contributed by atoms with Crippen LogP contribution in [-0.2, 0) is 10.5 Å². The fourth-order valence-corrected chi connectivity index (χ4v) is 6.40. The standard InChI is InChI=1S/C24H28N4OS3/c1-18(2)20-10-8-19(9-11-20)16-30-23-25-26-24(32-23)31-17-22(29)28-14-12-27(13-15-28)21-6-4-3-5-7-21/h3-11,18H,12-17H2,1-2H3. The molecule has 2 heterocycles. The van der Waals surface area contributed by atoms with Gasteiger partial charge in [0.05, 0.1) is 5.75 Å². The summed E-state index contributed by atoms with van der Waals surface area (Å²) in [5, 5.41) is 8.56. The molecule has 168 valence electrons. The van der Waals surface area contributed by atoms with E-state index in [0.29, 0.717) is 11.7 Å². The van der Waals surface area contributed by atoms with Crippen molar-refractivity contribution in [1.29, 1.82) is 0 Å². The maximum Gasteiger partial charge on any atom is 0.233 e. The van der Waals surface area contributed by atoms with E-state index in [9.17, 15) is 4.79 Å². The van der Waals surface area contributed by atoms with Gasteiger partial charge in [0.15, 0.2) is 8.68 Å². The van der Waals surface area contributed by atoms with Crippen LogP contribution in [-0.4, -0.2) is 52.9 Å². The molecule has 2 aromatic carbocycles. The van der Waals surface area contributed by atoms with Gasteiger partial charge in [-0.25, -0.2) is 0 Å². The second-order valence-electron chi connectivity index (χ2n) is 8.01. The lowest BCUT2D eigenvalue weighted by atomic mass is 10.0. The Morgan fingerprint density at radius 2 is 1.59 bits per heavy atom. The van der Waals surface area contributed by atoms with Gasteiger partial charge in [-0.05, 0) is 29.2 Å². The third-order valence-electron chi connectivity index (χ3n) is 5.47. The Balaban J connectivity index is 1.20. The summed E-state index contributed by atoms with van der Waals surface area (Å²) >= 11 is 4.76. The number of hydrogen-bond acceptors (Lipinski definition) is 7. The molecule has 32 heavy (non-hydrogen) atoms. The maximum atomic E-state index is 12.6. The molecule has 0 saturated carbocycles. The molecular weight excluding hydrogens is 456 g/mol. The Kier molecular flexibility index (Phi) is 8.10. The van der Waals surface area contributed by atoms with Gasteiger partial charge in [-0.2, -0.15) is 0 Å². The van der Waals surface area contributed by atoms with Crippen LogP contribution < -0.4 is 4.90 Å². The number of carbonyl (C=O) groups is 1. The first kappa shape index (κ1) is 23.1. The lowest BCUT2D eigenvalue weighted by molar-refractivity contribution is -0.128. The van der Waals surface area contributed by atoms with Crippen molar-refractivity contribution in [3.8, 4) is 0 Å². The molecule has 4 rings (SSSR count). The smallest absolute Gasteiger partial charge is 0.233 e. The minimum Gasteiger partial charge on any atom is -0.368 e. The Hall–Kier alpha value is -2.03. The zero-order valence-electron chi connectivity index (χ0n) is 18.4. The van der Waals surface area contributed by atoms with Crippen LogP contribution in [0.2, 0.25) is 0 Å². The van der Waals surface area contributed by atoms with E-state index in [1.807, 2.05) is 11.0 Å². The molecule has 3 aromatic rings. The van der Waals surface area contributed by atoms with Crippen LogP contribution in [0, 0.1) is 0 Å². The number of thioether (sulfide) groups is 2. The van der Waals surface area contributed by atoms with Gasteiger partial charge in [0.2, 0.25) is 5.91 Å². The van der Waals surface area contributed by atoms with Crippen LogP contribution >= 0.6 is 34.9 Å². The first-order valence-corrected chi connectivity index (χ1v) is 13.6. The highest BCUT2D eigenvalue weighted by atomic mass is 32.2. The molecular formula is C24H28N4OS3. The molecule has 0 radical (unpaired) electrons. The Bertz CT molecular complexity index is 1000. The summed E-state index contributed by atoms with van der Waals surface area (Å²) in [6.07, 6.45) is 0. The van der Waals surface area contributed by atoms with Crippen molar-refractivity contribution in [2.75, 3.05) is 36.8 Å². The second kappa shape index (κ2) is 11.2. The van der Waals surface area contributed by atoms with Gasteiger partial charge in [0.25, 0.3) is 0 Å². The van der Waals surface area contributed by atoms with Gasteiger partial charge >= 0.3 is 0 Å². The third-order valence-corrected chi connectivity index (χ3v) is 8.72. The van der Waals surface area contributed by atoms with E-state index in [0.717, 1.165) is 40.6 Å². The van der Waals surface area contributed by atoms with Crippen molar-refractivity contribution in [3.05, 3.63) is 65.7 Å². The number of rotatable bonds is 8. The van der Waals surface area contributed by atoms with E-state index in [4.69, 9.17) is 0 Å². The van der Waals surface area contributed by atoms with E-state index in [2.05, 4.69) is 77.5 Å². The Morgan fingerprint density at radius 3 is 2.25 bits per heavy atom. The molecule has 0 bridgehead atoms. The monoisotopic (exact) mass is 484 g/mol. The molecule has 1 aliphatic rings. The zero-order chi connectivity index (χ0) is 22.3. The molecule has 1 saturated heterocycles. The quantitative estimate of drug-likeness (QED) is 0.399. The molecule has 0 aliphatic carbocycles. The summed E-state index contributed by atoms with van der Waals surface area (Å²) < 4.78 is 1.81. The number of carbonyl (C=O) groups excluding carboxylic acids is 1. The van der Waals surface area contributed by atoms with Crippen LogP contribution in [0.1, 0.15) is 30.9 Å². The summed E-state index contributed by atoms with van der Waals surface area (Å²) in [7, 11) is 0. The molecule has 1 fully saturated rings. The van der Waals surface area contributed by atoms with Crippen molar-refractivity contribution in [2.24, 2.45) is 0 Å². The van der Waals surface area contributed by atoms with E-state index >= 15 is 0 Å². The topological polar surface area (TPSA) is 49.3 Å². The van der Waals surface area contributed by atoms with E-state index < -0.39 is 0 Å². The number of amides is 1. The van der Waals surface area contributed by atoms with Crippen molar-refractivity contribution >= 4 is 46.5 Å². The average molecular weight is 485 g/mol. The third kappa shape index (κ3) is 6.27. The lowest BCUT2D eigenvalue weighted by Crippen LogP contribution is -2.49. The SMILES string of the molecule is CC(C)c1ccc(CSc2nnc(SCC(=O)N3CCN(c4ccccc4)CC3)s2)cc1.